The Morgan fingerprint density at radius 2 is 1.85 bits per heavy atom. The van der Waals surface area contributed by atoms with Crippen LogP contribution in [0.3, 0.4) is 0 Å². The quantitative estimate of drug-likeness (QED) is 0.437. The Balaban J connectivity index is 1.44. The van der Waals surface area contributed by atoms with Gasteiger partial charge in [0.1, 0.15) is 17.5 Å². The lowest BCUT2D eigenvalue weighted by Crippen LogP contribution is -2.25. The van der Waals surface area contributed by atoms with Gasteiger partial charge in [-0.05, 0) is 49.6 Å². The Bertz CT molecular complexity index is 1280. The molecule has 5 rings (SSSR count). The molecule has 2 heterocycles. The van der Waals surface area contributed by atoms with Crippen LogP contribution in [0.1, 0.15) is 53.2 Å². The van der Waals surface area contributed by atoms with E-state index in [-0.39, 0.29) is 47.0 Å². The Labute approximate surface area is 189 Å². The van der Waals surface area contributed by atoms with Gasteiger partial charge in [0.25, 0.3) is 0 Å². The van der Waals surface area contributed by atoms with Gasteiger partial charge in [0.2, 0.25) is 0 Å². The topological polar surface area (TPSA) is 62.6 Å². The van der Waals surface area contributed by atoms with E-state index in [1.165, 1.54) is 30.3 Å². The Hall–Kier alpha value is -3.63. The molecule has 0 unspecified atom stereocenters. The fraction of sp³-hybridized carbons (Fsp3) is 0.304. The van der Waals surface area contributed by atoms with Crippen molar-refractivity contribution in [3.63, 3.8) is 0 Å². The zero-order chi connectivity index (χ0) is 24.3. The Morgan fingerprint density at radius 1 is 1.09 bits per heavy atom. The predicted octanol–water partition coefficient (Wildman–Crippen LogP) is 5.87. The summed E-state index contributed by atoms with van der Waals surface area (Å²) < 4.78 is 82.9. The minimum absolute atomic E-state index is 0.0690. The summed E-state index contributed by atoms with van der Waals surface area (Å²) >= 11 is 0. The SMILES string of the molecule is C[C@@H](Oc1cccc(-n2nc(C(F)(F)F)c3c2C(=O)CCC3)c1)c1ccc2c(c1)OC(F)(F)O2. The molecule has 1 atom stereocenters. The fourth-order valence-corrected chi connectivity index (χ4v) is 4.11. The zero-order valence-electron chi connectivity index (χ0n) is 17.7. The molecule has 2 aliphatic rings. The van der Waals surface area contributed by atoms with Crippen LogP contribution in [0.2, 0.25) is 0 Å². The molecule has 0 spiro atoms. The lowest BCUT2D eigenvalue weighted by Gasteiger charge is -2.17. The predicted molar refractivity (Wildman–Crippen MR) is 108 cm³/mol. The summed E-state index contributed by atoms with van der Waals surface area (Å²) in [6.45, 7) is 1.67. The first kappa shape index (κ1) is 22.2. The molecule has 2 aromatic carbocycles. The largest absolute Gasteiger partial charge is 0.586 e. The molecule has 1 aromatic heterocycles. The highest BCUT2D eigenvalue weighted by Gasteiger charge is 2.44. The molecule has 0 saturated carbocycles. The molecule has 6 nitrogen and oxygen atoms in total. The third-order valence-corrected chi connectivity index (χ3v) is 5.62. The average Bonchev–Trinajstić information content (AvgIpc) is 3.30. The van der Waals surface area contributed by atoms with Gasteiger partial charge in [0, 0.05) is 18.1 Å². The molecular weight excluding hydrogens is 463 g/mol. The number of fused-ring (bicyclic) bond motifs is 2. The summed E-state index contributed by atoms with van der Waals surface area (Å²) in [5.41, 5.74) is -0.484. The molecule has 1 aliphatic heterocycles. The number of benzene rings is 2. The van der Waals surface area contributed by atoms with Crippen LogP contribution >= 0.6 is 0 Å². The normalized spacial score (nSPS) is 17.4. The molecule has 34 heavy (non-hydrogen) atoms. The van der Waals surface area contributed by atoms with Crippen LogP contribution in [0.15, 0.2) is 42.5 Å². The highest BCUT2D eigenvalue weighted by molar-refractivity contribution is 5.97. The maximum absolute atomic E-state index is 13.5. The molecule has 0 N–H and O–H groups in total. The van der Waals surface area contributed by atoms with Crippen LogP contribution in [0.25, 0.3) is 5.69 Å². The Morgan fingerprint density at radius 3 is 2.62 bits per heavy atom. The van der Waals surface area contributed by atoms with E-state index in [1.807, 2.05) is 0 Å². The molecule has 0 radical (unpaired) electrons. The van der Waals surface area contributed by atoms with E-state index in [1.54, 1.807) is 19.1 Å². The number of carbonyl (C=O) groups is 1. The molecule has 0 saturated heterocycles. The maximum atomic E-state index is 13.5. The van der Waals surface area contributed by atoms with Crippen molar-refractivity contribution < 1.29 is 41.0 Å². The van der Waals surface area contributed by atoms with Gasteiger partial charge in [-0.3, -0.25) is 4.79 Å². The second-order valence-corrected chi connectivity index (χ2v) is 7.99. The first-order valence-corrected chi connectivity index (χ1v) is 10.4. The molecule has 0 fully saturated rings. The van der Waals surface area contributed by atoms with Crippen molar-refractivity contribution in [3.05, 3.63) is 65.0 Å². The number of nitrogens with zero attached hydrogens (tertiary/aromatic N) is 2. The monoisotopic (exact) mass is 480 g/mol. The summed E-state index contributed by atoms with van der Waals surface area (Å²) in [4.78, 5) is 12.5. The van der Waals surface area contributed by atoms with Crippen LogP contribution in [0, 0.1) is 0 Å². The minimum Gasteiger partial charge on any atom is -0.486 e. The number of carbonyl (C=O) groups excluding carboxylic acids is 1. The highest BCUT2D eigenvalue weighted by Crippen LogP contribution is 2.42. The van der Waals surface area contributed by atoms with E-state index in [2.05, 4.69) is 14.6 Å². The first-order chi connectivity index (χ1) is 16.0. The second kappa shape index (κ2) is 7.71. The highest BCUT2D eigenvalue weighted by atomic mass is 19.4. The van der Waals surface area contributed by atoms with Gasteiger partial charge in [0.15, 0.2) is 23.0 Å². The third kappa shape index (κ3) is 3.95. The smallest absolute Gasteiger partial charge is 0.486 e. The lowest BCUT2D eigenvalue weighted by molar-refractivity contribution is -0.286. The van der Waals surface area contributed by atoms with Crippen molar-refractivity contribution in [1.82, 2.24) is 9.78 Å². The van der Waals surface area contributed by atoms with Gasteiger partial charge >= 0.3 is 12.5 Å². The van der Waals surface area contributed by atoms with Crippen LogP contribution in [0.4, 0.5) is 22.0 Å². The summed E-state index contributed by atoms with van der Waals surface area (Å²) in [6.07, 6.45) is -8.46. The number of alkyl halides is 5. The molecular formula is C23H17F5N2O4. The van der Waals surface area contributed by atoms with E-state index in [9.17, 15) is 26.7 Å². The number of hydrogen-bond acceptors (Lipinski definition) is 5. The standard InChI is InChI=1S/C23H17F5N2O4/c1-12(13-8-9-18-19(10-13)34-23(27,28)33-18)32-15-5-2-4-14(11-15)30-20-16(6-3-7-17(20)31)21(29-30)22(24,25)26/h2,4-5,8-12H,3,6-7H2,1H3/t12-/m1/s1. The second-order valence-electron chi connectivity index (χ2n) is 7.99. The Kier molecular flexibility index (Phi) is 5.03. The van der Waals surface area contributed by atoms with Gasteiger partial charge in [-0.15, -0.1) is 8.78 Å². The van der Waals surface area contributed by atoms with Crippen molar-refractivity contribution >= 4 is 5.78 Å². The minimum atomic E-state index is -4.69. The van der Waals surface area contributed by atoms with E-state index in [4.69, 9.17) is 4.74 Å². The lowest BCUT2D eigenvalue weighted by atomic mass is 9.94. The van der Waals surface area contributed by atoms with Crippen LogP contribution < -0.4 is 14.2 Å². The van der Waals surface area contributed by atoms with Crippen LogP contribution in [-0.4, -0.2) is 21.9 Å². The number of ether oxygens (including phenoxy) is 3. The van der Waals surface area contributed by atoms with E-state index >= 15 is 0 Å². The van der Waals surface area contributed by atoms with Crippen molar-refractivity contribution in [1.29, 1.82) is 0 Å². The van der Waals surface area contributed by atoms with Gasteiger partial charge in [-0.1, -0.05) is 12.1 Å². The van der Waals surface area contributed by atoms with Crippen LogP contribution in [-0.2, 0) is 12.6 Å². The van der Waals surface area contributed by atoms with Gasteiger partial charge in [-0.25, -0.2) is 4.68 Å². The first-order valence-electron chi connectivity index (χ1n) is 10.4. The number of halogens is 5. The van der Waals surface area contributed by atoms with Crippen LogP contribution in [0.5, 0.6) is 17.2 Å². The fourth-order valence-electron chi connectivity index (χ4n) is 4.11. The van der Waals surface area contributed by atoms with Gasteiger partial charge in [-0.2, -0.15) is 18.3 Å². The zero-order valence-corrected chi connectivity index (χ0v) is 17.7. The number of rotatable bonds is 4. The maximum Gasteiger partial charge on any atom is 0.586 e. The molecule has 11 heteroatoms. The van der Waals surface area contributed by atoms with Crippen molar-refractivity contribution in [2.75, 3.05) is 0 Å². The van der Waals surface area contributed by atoms with Crippen molar-refractivity contribution in [2.45, 2.75) is 44.8 Å². The number of ketones is 1. The molecule has 3 aromatic rings. The number of Topliss-reactive ketones (excluding diaryl/α,β-unsaturated/α-hetero) is 1. The third-order valence-electron chi connectivity index (χ3n) is 5.62. The van der Waals surface area contributed by atoms with E-state index < -0.39 is 30.1 Å². The summed E-state index contributed by atoms with van der Waals surface area (Å²) in [5, 5.41) is 3.73. The van der Waals surface area contributed by atoms with E-state index in [0.717, 1.165) is 4.68 Å². The molecule has 0 amide bonds. The van der Waals surface area contributed by atoms with Gasteiger partial charge < -0.3 is 14.2 Å². The van der Waals surface area contributed by atoms with Crippen molar-refractivity contribution in [3.8, 4) is 22.9 Å². The average molecular weight is 480 g/mol. The molecule has 178 valence electrons. The summed E-state index contributed by atoms with van der Waals surface area (Å²) in [6, 6.07) is 10.4. The molecule has 1 aliphatic carbocycles. The van der Waals surface area contributed by atoms with Gasteiger partial charge in [0.05, 0.1) is 5.69 Å². The van der Waals surface area contributed by atoms with E-state index in [0.29, 0.717) is 12.0 Å². The molecule has 0 bridgehead atoms. The summed E-state index contributed by atoms with van der Waals surface area (Å²) in [5.74, 6) is -0.347. The number of hydrogen-bond donors (Lipinski definition) is 0. The number of aromatic nitrogens is 2. The summed E-state index contributed by atoms with van der Waals surface area (Å²) in [7, 11) is 0. The van der Waals surface area contributed by atoms with Crippen molar-refractivity contribution in [2.24, 2.45) is 0 Å².